The molecule has 7 heteroatoms. The molecule has 3 aromatic rings. The molecule has 1 unspecified atom stereocenters. The number of hydrogen-bond donors (Lipinski definition) is 0. The Hall–Kier alpha value is -2.73. The lowest BCUT2D eigenvalue weighted by Crippen LogP contribution is -2.31. The van der Waals surface area contributed by atoms with E-state index in [0.29, 0.717) is 16.4 Å². The summed E-state index contributed by atoms with van der Waals surface area (Å²) in [6, 6.07) is 11.3. The van der Waals surface area contributed by atoms with Crippen molar-refractivity contribution in [3.8, 4) is 5.69 Å². The Kier molecular flexibility index (Phi) is 4.42. The van der Waals surface area contributed by atoms with E-state index in [4.69, 9.17) is 11.6 Å². The number of hydrogen-bond acceptors (Lipinski definition) is 4. The predicted molar refractivity (Wildman–Crippen MR) is 98.4 cm³/mol. The molecule has 1 fully saturated rings. The van der Waals surface area contributed by atoms with Gasteiger partial charge in [0.15, 0.2) is 5.69 Å². The number of rotatable bonds is 3. The second kappa shape index (κ2) is 6.88. The number of aromatic nitrogens is 4. The van der Waals surface area contributed by atoms with E-state index in [9.17, 15) is 4.79 Å². The molecular weight excluding hydrogens is 350 g/mol. The summed E-state index contributed by atoms with van der Waals surface area (Å²) in [5, 5.41) is 8.94. The average molecular weight is 368 g/mol. The molecule has 0 aliphatic carbocycles. The molecule has 2 aromatic heterocycles. The molecule has 0 saturated carbocycles. The Morgan fingerprint density at radius 1 is 1.23 bits per heavy atom. The van der Waals surface area contributed by atoms with Crippen LogP contribution in [-0.2, 0) is 0 Å². The first-order valence-corrected chi connectivity index (χ1v) is 8.92. The lowest BCUT2D eigenvalue weighted by Gasteiger charge is -2.24. The quantitative estimate of drug-likeness (QED) is 0.709. The van der Waals surface area contributed by atoms with Gasteiger partial charge in [-0.25, -0.2) is 4.68 Å². The van der Waals surface area contributed by atoms with Gasteiger partial charge in [-0.05, 0) is 55.7 Å². The van der Waals surface area contributed by atoms with Crippen molar-refractivity contribution in [2.24, 2.45) is 0 Å². The van der Waals surface area contributed by atoms with Crippen molar-refractivity contribution < 1.29 is 4.79 Å². The van der Waals surface area contributed by atoms with E-state index < -0.39 is 0 Å². The van der Waals surface area contributed by atoms with E-state index >= 15 is 0 Å². The molecule has 4 rings (SSSR count). The topological polar surface area (TPSA) is 63.9 Å². The number of amides is 1. The van der Waals surface area contributed by atoms with Gasteiger partial charge in [0.2, 0.25) is 0 Å². The van der Waals surface area contributed by atoms with Crippen LogP contribution in [0, 0.1) is 6.92 Å². The molecule has 0 radical (unpaired) electrons. The van der Waals surface area contributed by atoms with Crippen LogP contribution in [0.15, 0.2) is 48.8 Å². The number of pyridine rings is 1. The summed E-state index contributed by atoms with van der Waals surface area (Å²) in [6.07, 6.45) is 5.44. The van der Waals surface area contributed by atoms with E-state index in [1.54, 1.807) is 29.2 Å². The molecule has 1 atom stereocenters. The average Bonchev–Trinajstić information content (AvgIpc) is 3.29. The highest BCUT2D eigenvalue weighted by Gasteiger charge is 2.33. The molecule has 1 aromatic carbocycles. The van der Waals surface area contributed by atoms with Crippen LogP contribution in [0.2, 0.25) is 5.02 Å². The first-order chi connectivity index (χ1) is 12.6. The summed E-state index contributed by atoms with van der Waals surface area (Å²) in [6.45, 7) is 2.57. The maximum Gasteiger partial charge on any atom is 0.276 e. The van der Waals surface area contributed by atoms with E-state index in [1.807, 2.05) is 36.1 Å². The first-order valence-electron chi connectivity index (χ1n) is 8.54. The van der Waals surface area contributed by atoms with E-state index in [2.05, 4.69) is 15.3 Å². The third kappa shape index (κ3) is 2.97. The van der Waals surface area contributed by atoms with Gasteiger partial charge in [0, 0.05) is 24.0 Å². The molecule has 0 bridgehead atoms. The van der Waals surface area contributed by atoms with Gasteiger partial charge in [-0.3, -0.25) is 9.78 Å². The smallest absolute Gasteiger partial charge is 0.276 e. The summed E-state index contributed by atoms with van der Waals surface area (Å²) in [7, 11) is 0. The zero-order chi connectivity index (χ0) is 18.1. The number of benzene rings is 1. The predicted octanol–water partition coefficient (Wildman–Crippen LogP) is 3.60. The summed E-state index contributed by atoms with van der Waals surface area (Å²) < 4.78 is 1.65. The van der Waals surface area contributed by atoms with Crippen molar-refractivity contribution in [3.63, 3.8) is 0 Å². The monoisotopic (exact) mass is 367 g/mol. The summed E-state index contributed by atoms with van der Waals surface area (Å²) in [5.74, 6) is -0.0879. The minimum absolute atomic E-state index is 0.0567. The minimum atomic E-state index is -0.0879. The third-order valence-electron chi connectivity index (χ3n) is 4.75. The third-order valence-corrected chi connectivity index (χ3v) is 4.99. The number of likely N-dealkylation sites (tertiary alicyclic amines) is 1. The molecule has 132 valence electrons. The standard InChI is InChI=1S/C19H18ClN5O/c1-13-18(22-23-25(13)16-5-2-4-15(20)12-16)19(26)24-11-3-6-17(24)14-7-9-21-10-8-14/h2,4-5,7-10,12,17H,3,6,11H2,1H3. The van der Waals surface area contributed by atoms with Crippen molar-refractivity contribution >= 4 is 17.5 Å². The van der Waals surface area contributed by atoms with Gasteiger partial charge in [0.1, 0.15) is 0 Å². The second-order valence-electron chi connectivity index (χ2n) is 6.35. The van der Waals surface area contributed by atoms with Crippen molar-refractivity contribution in [2.75, 3.05) is 6.54 Å². The van der Waals surface area contributed by atoms with Crippen LogP contribution < -0.4 is 0 Å². The van der Waals surface area contributed by atoms with Gasteiger partial charge in [-0.15, -0.1) is 5.10 Å². The number of halogens is 1. The Balaban J connectivity index is 1.65. The lowest BCUT2D eigenvalue weighted by molar-refractivity contribution is 0.0728. The normalized spacial score (nSPS) is 16.8. The molecule has 0 spiro atoms. The fourth-order valence-electron chi connectivity index (χ4n) is 3.46. The largest absolute Gasteiger partial charge is 0.330 e. The lowest BCUT2D eigenvalue weighted by atomic mass is 10.1. The molecule has 1 aliphatic heterocycles. The van der Waals surface area contributed by atoms with Crippen LogP contribution in [0.1, 0.15) is 40.6 Å². The van der Waals surface area contributed by atoms with Gasteiger partial charge >= 0.3 is 0 Å². The molecule has 6 nitrogen and oxygen atoms in total. The van der Waals surface area contributed by atoms with Crippen LogP contribution in [0.4, 0.5) is 0 Å². The highest BCUT2D eigenvalue weighted by Crippen LogP contribution is 2.33. The first kappa shape index (κ1) is 16.7. The van der Waals surface area contributed by atoms with E-state index in [1.165, 1.54) is 0 Å². The molecular formula is C19H18ClN5O. The van der Waals surface area contributed by atoms with Crippen LogP contribution in [0.3, 0.4) is 0 Å². The zero-order valence-electron chi connectivity index (χ0n) is 14.3. The Morgan fingerprint density at radius 2 is 2.04 bits per heavy atom. The highest BCUT2D eigenvalue weighted by atomic mass is 35.5. The van der Waals surface area contributed by atoms with E-state index in [0.717, 1.165) is 30.6 Å². The highest BCUT2D eigenvalue weighted by molar-refractivity contribution is 6.30. The maximum atomic E-state index is 13.1. The Morgan fingerprint density at radius 3 is 2.81 bits per heavy atom. The van der Waals surface area contributed by atoms with Crippen LogP contribution in [0.25, 0.3) is 5.69 Å². The van der Waals surface area contributed by atoms with Crippen LogP contribution in [0.5, 0.6) is 0 Å². The molecule has 1 aliphatic rings. The fourth-order valence-corrected chi connectivity index (χ4v) is 3.64. The van der Waals surface area contributed by atoms with Crippen molar-refractivity contribution in [1.29, 1.82) is 0 Å². The van der Waals surface area contributed by atoms with Gasteiger partial charge < -0.3 is 4.90 Å². The summed E-state index contributed by atoms with van der Waals surface area (Å²) in [5.41, 5.74) is 2.97. The summed E-state index contributed by atoms with van der Waals surface area (Å²) in [4.78, 5) is 19.1. The van der Waals surface area contributed by atoms with Crippen molar-refractivity contribution in [3.05, 3.63) is 70.8 Å². The van der Waals surface area contributed by atoms with Crippen LogP contribution >= 0.6 is 11.6 Å². The van der Waals surface area contributed by atoms with Gasteiger partial charge in [-0.2, -0.15) is 0 Å². The minimum Gasteiger partial charge on any atom is -0.330 e. The SMILES string of the molecule is Cc1c(C(=O)N2CCCC2c2ccncc2)nnn1-c1cccc(Cl)c1. The summed E-state index contributed by atoms with van der Waals surface area (Å²) >= 11 is 6.07. The van der Waals surface area contributed by atoms with Crippen molar-refractivity contribution in [1.82, 2.24) is 24.9 Å². The van der Waals surface area contributed by atoms with E-state index in [-0.39, 0.29) is 11.9 Å². The number of nitrogens with zero attached hydrogens (tertiary/aromatic N) is 5. The molecule has 3 heterocycles. The zero-order valence-corrected chi connectivity index (χ0v) is 15.1. The second-order valence-corrected chi connectivity index (χ2v) is 6.79. The van der Waals surface area contributed by atoms with Gasteiger partial charge in [-0.1, -0.05) is 22.9 Å². The molecule has 1 amide bonds. The Labute approximate surface area is 156 Å². The number of carbonyl (C=O) groups excluding carboxylic acids is 1. The Bertz CT molecular complexity index is 940. The maximum absolute atomic E-state index is 13.1. The molecule has 0 N–H and O–H groups in total. The van der Waals surface area contributed by atoms with Gasteiger partial charge in [0.25, 0.3) is 5.91 Å². The number of carbonyl (C=O) groups is 1. The molecule has 26 heavy (non-hydrogen) atoms. The fraction of sp³-hybridized carbons (Fsp3) is 0.263. The van der Waals surface area contributed by atoms with Crippen molar-refractivity contribution in [2.45, 2.75) is 25.8 Å². The van der Waals surface area contributed by atoms with Crippen LogP contribution in [-0.4, -0.2) is 37.3 Å². The molecule has 1 saturated heterocycles. The van der Waals surface area contributed by atoms with Gasteiger partial charge in [0.05, 0.1) is 17.4 Å².